The van der Waals surface area contributed by atoms with Gasteiger partial charge in [0.25, 0.3) is 5.91 Å². The van der Waals surface area contributed by atoms with Gasteiger partial charge in [0.05, 0.1) is 0 Å². The Labute approximate surface area is 170 Å². The van der Waals surface area contributed by atoms with E-state index in [9.17, 15) is 4.79 Å². The summed E-state index contributed by atoms with van der Waals surface area (Å²) in [4.78, 5) is 15.6. The number of nitrogens with two attached hydrogens (primary N) is 1. The summed E-state index contributed by atoms with van der Waals surface area (Å²) in [5, 5.41) is 6.67. The van der Waals surface area contributed by atoms with Crippen LogP contribution in [0.5, 0.6) is 0 Å². The number of hydrogen-bond donors (Lipinski definition) is 3. The van der Waals surface area contributed by atoms with E-state index in [4.69, 9.17) is 10.2 Å². The average Bonchev–Trinajstić information content (AvgIpc) is 3.27. The first-order chi connectivity index (χ1) is 12.1. The highest BCUT2D eigenvalue weighted by atomic mass is 127. The number of primary amides is 1. The van der Waals surface area contributed by atoms with Crippen molar-refractivity contribution in [3.8, 4) is 0 Å². The van der Waals surface area contributed by atoms with Gasteiger partial charge < -0.3 is 20.8 Å². The van der Waals surface area contributed by atoms with E-state index in [-0.39, 0.29) is 35.2 Å². The van der Waals surface area contributed by atoms with Gasteiger partial charge >= 0.3 is 0 Å². The van der Waals surface area contributed by atoms with Crippen molar-refractivity contribution >= 4 is 35.8 Å². The Morgan fingerprint density at radius 3 is 2.50 bits per heavy atom. The first kappa shape index (κ1) is 20.3. The molecule has 140 valence electrons. The molecule has 1 aliphatic rings. The van der Waals surface area contributed by atoms with Crippen LogP contribution in [0.2, 0.25) is 0 Å². The Morgan fingerprint density at radius 2 is 1.92 bits per heavy atom. The summed E-state index contributed by atoms with van der Waals surface area (Å²) < 4.78 is 5.36. The number of benzene rings is 1. The molecular weight excluding hydrogens is 443 g/mol. The Bertz CT molecular complexity index is 754. The van der Waals surface area contributed by atoms with Gasteiger partial charge in [-0.25, -0.2) is 4.99 Å². The van der Waals surface area contributed by atoms with Crippen LogP contribution in [0.4, 0.5) is 0 Å². The van der Waals surface area contributed by atoms with E-state index in [1.807, 2.05) is 13.0 Å². The fraction of sp³-hybridized carbons (Fsp3) is 0.368. The first-order valence-electron chi connectivity index (χ1n) is 8.59. The molecule has 6 nitrogen and oxygen atoms in total. The summed E-state index contributed by atoms with van der Waals surface area (Å²) in [6.07, 6.45) is 2.37. The maximum absolute atomic E-state index is 11.1. The highest BCUT2D eigenvalue weighted by Crippen LogP contribution is 2.47. The van der Waals surface area contributed by atoms with Gasteiger partial charge in [-0.2, -0.15) is 0 Å². The topological polar surface area (TPSA) is 92.6 Å². The predicted octanol–water partition coefficient (Wildman–Crippen LogP) is 2.78. The lowest BCUT2D eigenvalue weighted by molar-refractivity contribution is 0.0972. The van der Waals surface area contributed by atoms with Gasteiger partial charge in [-0.15, -0.1) is 24.0 Å². The Hall–Kier alpha value is -2.03. The third kappa shape index (κ3) is 5.00. The number of guanidine groups is 1. The second-order valence-electron chi connectivity index (χ2n) is 6.33. The number of hydrogen-bond acceptors (Lipinski definition) is 3. The van der Waals surface area contributed by atoms with E-state index in [0.29, 0.717) is 12.3 Å². The monoisotopic (exact) mass is 468 g/mol. The van der Waals surface area contributed by atoms with E-state index >= 15 is 0 Å². The van der Waals surface area contributed by atoms with E-state index in [1.54, 1.807) is 12.1 Å². The lowest BCUT2D eigenvalue weighted by Crippen LogP contribution is -2.41. The number of furan rings is 1. The molecule has 1 heterocycles. The van der Waals surface area contributed by atoms with Crippen LogP contribution in [-0.2, 0) is 12.0 Å². The highest BCUT2D eigenvalue weighted by molar-refractivity contribution is 14.0. The largest absolute Gasteiger partial charge is 0.454 e. The molecule has 0 radical (unpaired) electrons. The SMILES string of the molecule is CCNC(=NCc1ccc(C(N)=O)o1)NCC1(c2ccccc2)CC1.I. The van der Waals surface area contributed by atoms with Gasteiger partial charge in [-0.3, -0.25) is 4.79 Å². The normalized spacial score (nSPS) is 15.0. The zero-order valence-electron chi connectivity index (χ0n) is 14.8. The summed E-state index contributed by atoms with van der Waals surface area (Å²) in [5.74, 6) is 0.930. The molecule has 0 aliphatic heterocycles. The zero-order valence-corrected chi connectivity index (χ0v) is 17.2. The van der Waals surface area contributed by atoms with E-state index < -0.39 is 5.91 Å². The summed E-state index contributed by atoms with van der Waals surface area (Å²) in [5.41, 5.74) is 6.78. The van der Waals surface area contributed by atoms with Crippen LogP contribution >= 0.6 is 24.0 Å². The summed E-state index contributed by atoms with van der Waals surface area (Å²) in [6, 6.07) is 13.9. The molecule has 1 fully saturated rings. The number of carbonyl (C=O) groups excluding carboxylic acids is 1. The number of amides is 1. The molecule has 3 rings (SSSR count). The molecule has 4 N–H and O–H groups in total. The fourth-order valence-corrected chi connectivity index (χ4v) is 2.86. The van der Waals surface area contributed by atoms with Gasteiger partial charge in [0.2, 0.25) is 0 Å². The molecule has 1 aliphatic carbocycles. The zero-order chi connectivity index (χ0) is 17.7. The quantitative estimate of drug-likeness (QED) is 0.331. The van der Waals surface area contributed by atoms with E-state index in [0.717, 1.165) is 19.0 Å². The molecule has 2 aromatic rings. The van der Waals surface area contributed by atoms with Crippen LogP contribution in [0.3, 0.4) is 0 Å². The van der Waals surface area contributed by atoms with Crippen molar-refractivity contribution in [1.29, 1.82) is 0 Å². The highest BCUT2D eigenvalue weighted by Gasteiger charge is 2.43. The third-order valence-corrected chi connectivity index (χ3v) is 4.48. The summed E-state index contributed by atoms with van der Waals surface area (Å²) >= 11 is 0. The molecule has 1 saturated carbocycles. The van der Waals surface area contributed by atoms with Gasteiger partial charge in [-0.1, -0.05) is 30.3 Å². The smallest absolute Gasteiger partial charge is 0.284 e. The minimum absolute atomic E-state index is 0. The minimum Gasteiger partial charge on any atom is -0.454 e. The van der Waals surface area contributed by atoms with Crippen molar-refractivity contribution in [2.75, 3.05) is 13.1 Å². The number of nitrogens with zero attached hydrogens (tertiary/aromatic N) is 1. The lowest BCUT2D eigenvalue weighted by Gasteiger charge is -2.19. The van der Waals surface area contributed by atoms with Crippen molar-refractivity contribution in [2.24, 2.45) is 10.7 Å². The Kier molecular flexibility index (Phi) is 7.07. The number of rotatable bonds is 7. The van der Waals surface area contributed by atoms with Crippen LogP contribution in [0.25, 0.3) is 0 Å². The minimum atomic E-state index is -0.571. The molecule has 0 spiro atoms. The number of halogens is 1. The van der Waals surface area contributed by atoms with Crippen LogP contribution in [0, 0.1) is 0 Å². The van der Waals surface area contributed by atoms with Crippen molar-refractivity contribution in [2.45, 2.75) is 31.7 Å². The number of nitrogens with one attached hydrogen (secondary N) is 2. The second-order valence-corrected chi connectivity index (χ2v) is 6.33. The van der Waals surface area contributed by atoms with Crippen molar-refractivity contribution in [3.05, 3.63) is 59.5 Å². The van der Waals surface area contributed by atoms with E-state index in [1.165, 1.54) is 18.4 Å². The molecule has 0 unspecified atom stereocenters. The molecule has 26 heavy (non-hydrogen) atoms. The van der Waals surface area contributed by atoms with Gasteiger partial charge in [0.1, 0.15) is 12.3 Å². The van der Waals surface area contributed by atoms with Crippen LogP contribution in [0.1, 0.15) is 41.6 Å². The molecular formula is C19H25IN4O2. The maximum Gasteiger partial charge on any atom is 0.284 e. The van der Waals surface area contributed by atoms with Gasteiger partial charge in [-0.05, 0) is 37.5 Å². The molecule has 1 aromatic carbocycles. The van der Waals surface area contributed by atoms with Crippen molar-refractivity contribution < 1.29 is 9.21 Å². The first-order valence-corrected chi connectivity index (χ1v) is 8.59. The fourth-order valence-electron chi connectivity index (χ4n) is 2.86. The number of carbonyl (C=O) groups is 1. The molecule has 0 atom stereocenters. The number of aliphatic imine (C=N–C) groups is 1. The Balaban J connectivity index is 0.00000243. The van der Waals surface area contributed by atoms with Gasteiger partial charge in [0, 0.05) is 18.5 Å². The summed E-state index contributed by atoms with van der Waals surface area (Å²) in [7, 11) is 0. The lowest BCUT2D eigenvalue weighted by atomic mass is 9.96. The van der Waals surface area contributed by atoms with Crippen molar-refractivity contribution in [3.63, 3.8) is 0 Å². The molecule has 1 aromatic heterocycles. The maximum atomic E-state index is 11.1. The predicted molar refractivity (Wildman–Crippen MR) is 113 cm³/mol. The van der Waals surface area contributed by atoms with Crippen LogP contribution in [0.15, 0.2) is 51.9 Å². The van der Waals surface area contributed by atoms with Crippen LogP contribution in [-0.4, -0.2) is 25.0 Å². The third-order valence-electron chi connectivity index (χ3n) is 4.48. The van der Waals surface area contributed by atoms with E-state index in [2.05, 4.69) is 39.9 Å². The molecule has 7 heteroatoms. The summed E-state index contributed by atoms with van der Waals surface area (Å²) in [6.45, 7) is 3.99. The standard InChI is InChI=1S/C19H24N4O2.HI/c1-2-21-18(22-12-15-8-9-16(25-15)17(20)24)23-13-19(10-11-19)14-6-4-3-5-7-14;/h3-9H,2,10-13H2,1H3,(H2,20,24)(H2,21,22,23);1H. The molecule has 0 saturated heterocycles. The second kappa shape index (κ2) is 9.07. The van der Waals surface area contributed by atoms with Gasteiger partial charge in [0.15, 0.2) is 11.7 Å². The van der Waals surface area contributed by atoms with Crippen LogP contribution < -0.4 is 16.4 Å². The molecule has 0 bridgehead atoms. The Morgan fingerprint density at radius 1 is 1.19 bits per heavy atom. The average molecular weight is 468 g/mol. The van der Waals surface area contributed by atoms with Crippen molar-refractivity contribution in [1.82, 2.24) is 10.6 Å². The molecule has 1 amide bonds.